The Morgan fingerprint density at radius 3 is 2.34 bits per heavy atom. The van der Waals surface area contributed by atoms with Gasteiger partial charge >= 0.3 is 0 Å². The molecule has 0 aliphatic rings. The molecule has 4 aromatic rings. The molecule has 5 nitrogen and oxygen atoms in total. The first kappa shape index (κ1) is 24.5. The number of aryl methyl sites for hydroxylation is 1. The van der Waals surface area contributed by atoms with Crippen molar-refractivity contribution in [2.75, 3.05) is 5.75 Å². The Labute approximate surface area is 210 Å². The zero-order valence-corrected chi connectivity index (χ0v) is 21.2. The summed E-state index contributed by atoms with van der Waals surface area (Å²) < 4.78 is 28.2. The van der Waals surface area contributed by atoms with Crippen LogP contribution in [-0.4, -0.2) is 24.0 Å². The summed E-state index contributed by atoms with van der Waals surface area (Å²) in [5.41, 5.74) is 3.78. The van der Waals surface area contributed by atoms with Crippen molar-refractivity contribution in [1.82, 2.24) is 9.78 Å². The average Bonchev–Trinajstić information content (AvgIpc) is 3.31. The molecular formula is C28H25N3O2S2. The van der Waals surface area contributed by atoms with E-state index in [4.69, 9.17) is 5.10 Å². The summed E-state index contributed by atoms with van der Waals surface area (Å²) in [5.74, 6) is 1.04. The second-order valence-corrected chi connectivity index (χ2v) is 11.1. The summed E-state index contributed by atoms with van der Waals surface area (Å²) in [4.78, 5) is 0.922. The molecule has 35 heavy (non-hydrogen) atoms. The molecule has 1 heterocycles. The number of thioether (sulfide) groups is 1. The highest BCUT2D eigenvalue weighted by Gasteiger charge is 2.22. The zero-order valence-electron chi connectivity index (χ0n) is 19.5. The number of aromatic nitrogens is 2. The van der Waals surface area contributed by atoms with Crippen LogP contribution in [0.3, 0.4) is 0 Å². The zero-order chi connectivity index (χ0) is 24.8. The quantitative estimate of drug-likeness (QED) is 0.199. The number of hydrogen-bond acceptors (Lipinski definition) is 5. The van der Waals surface area contributed by atoms with Crippen LogP contribution >= 0.6 is 11.8 Å². The molecule has 176 valence electrons. The normalized spacial score (nSPS) is 11.9. The minimum absolute atomic E-state index is 0.0882. The lowest BCUT2D eigenvalue weighted by atomic mass is 10.1. The smallest absolute Gasteiger partial charge is 0.216 e. The van der Waals surface area contributed by atoms with Crippen molar-refractivity contribution in [1.29, 1.82) is 5.26 Å². The van der Waals surface area contributed by atoms with Gasteiger partial charge in [-0.2, -0.15) is 10.4 Å². The second kappa shape index (κ2) is 10.8. The first-order valence-electron chi connectivity index (χ1n) is 11.2. The van der Waals surface area contributed by atoms with Gasteiger partial charge < -0.3 is 0 Å². The number of rotatable bonds is 8. The Hall–Kier alpha value is -3.60. The molecule has 0 bridgehead atoms. The van der Waals surface area contributed by atoms with Crippen molar-refractivity contribution in [3.63, 3.8) is 0 Å². The lowest BCUT2D eigenvalue weighted by Gasteiger charge is -2.05. The average molecular weight is 500 g/mol. The number of para-hydroxylation sites is 1. The van der Waals surface area contributed by atoms with E-state index < -0.39 is 9.84 Å². The predicted octanol–water partition coefficient (Wildman–Crippen LogP) is 6.69. The van der Waals surface area contributed by atoms with E-state index in [-0.39, 0.29) is 9.80 Å². The lowest BCUT2D eigenvalue weighted by Crippen LogP contribution is -2.03. The van der Waals surface area contributed by atoms with Crippen LogP contribution in [0.4, 0.5) is 0 Å². The number of benzene rings is 3. The Bertz CT molecular complexity index is 1480. The molecule has 0 radical (unpaired) electrons. The van der Waals surface area contributed by atoms with Gasteiger partial charge in [-0.05, 0) is 61.6 Å². The highest BCUT2D eigenvalue weighted by Crippen LogP contribution is 2.30. The molecule has 0 N–H and O–H groups in total. The lowest BCUT2D eigenvalue weighted by molar-refractivity contribution is 0.603. The summed E-state index contributed by atoms with van der Waals surface area (Å²) in [6, 6.07) is 26.0. The first-order chi connectivity index (χ1) is 16.9. The minimum Gasteiger partial charge on any atom is -0.240 e. The van der Waals surface area contributed by atoms with Crippen LogP contribution in [0.2, 0.25) is 0 Å². The maximum absolute atomic E-state index is 13.2. The molecule has 0 atom stereocenters. The number of nitrogens with zero attached hydrogens (tertiary/aromatic N) is 3. The van der Waals surface area contributed by atoms with Crippen molar-refractivity contribution < 1.29 is 8.42 Å². The molecule has 0 fully saturated rings. The number of nitriles is 1. The van der Waals surface area contributed by atoms with Gasteiger partial charge in [0, 0.05) is 22.2 Å². The minimum atomic E-state index is -3.98. The highest BCUT2D eigenvalue weighted by molar-refractivity contribution is 7.99. The molecular weight excluding hydrogens is 474 g/mol. The fourth-order valence-corrected chi connectivity index (χ4v) is 5.43. The highest BCUT2D eigenvalue weighted by atomic mass is 32.2. The summed E-state index contributed by atoms with van der Waals surface area (Å²) in [5, 5.41) is 14.6. The van der Waals surface area contributed by atoms with Gasteiger partial charge in [0.25, 0.3) is 0 Å². The van der Waals surface area contributed by atoms with Gasteiger partial charge in [0.15, 0.2) is 0 Å². The van der Waals surface area contributed by atoms with Crippen LogP contribution in [-0.2, 0) is 9.84 Å². The third-order valence-electron chi connectivity index (χ3n) is 5.38. The van der Waals surface area contributed by atoms with Gasteiger partial charge in [-0.1, -0.05) is 55.0 Å². The molecule has 0 saturated carbocycles. The van der Waals surface area contributed by atoms with Crippen LogP contribution in [0.25, 0.3) is 23.0 Å². The van der Waals surface area contributed by atoms with Crippen LogP contribution in [0, 0.1) is 18.3 Å². The molecule has 0 aliphatic carbocycles. The third kappa shape index (κ3) is 5.56. The number of sulfone groups is 1. The SMILES string of the molecule is CCCSc1ccc(-c2nn(-c3ccccc3)cc2/C=C(/C#N)S(=O)(=O)c2ccc(C)cc2)cc1. The third-order valence-corrected chi connectivity index (χ3v) is 8.28. The second-order valence-electron chi connectivity index (χ2n) is 8.02. The van der Waals surface area contributed by atoms with Gasteiger partial charge in [-0.25, -0.2) is 13.1 Å². The first-order valence-corrected chi connectivity index (χ1v) is 13.7. The molecule has 0 saturated heterocycles. The van der Waals surface area contributed by atoms with Crippen LogP contribution < -0.4 is 0 Å². The van der Waals surface area contributed by atoms with Gasteiger partial charge in [-0.15, -0.1) is 11.8 Å². The maximum Gasteiger partial charge on any atom is 0.216 e. The summed E-state index contributed by atoms with van der Waals surface area (Å²) in [7, 11) is -3.98. The molecule has 3 aromatic carbocycles. The van der Waals surface area contributed by atoms with Crippen LogP contribution in [0.5, 0.6) is 0 Å². The summed E-state index contributed by atoms with van der Waals surface area (Å²) in [6.07, 6.45) is 4.26. The van der Waals surface area contributed by atoms with E-state index in [0.717, 1.165) is 33.9 Å². The fraction of sp³-hybridized carbons (Fsp3) is 0.143. The van der Waals surface area contributed by atoms with E-state index in [0.29, 0.717) is 11.3 Å². The Balaban J connectivity index is 1.82. The standard InChI is InChI=1S/C28H25N3O2S2/c1-3-17-34-25-13-11-22(12-14-25)28-23(20-31(30-28)24-7-5-4-6-8-24)18-27(19-29)35(32,33)26-15-9-21(2)10-16-26/h4-16,18,20H,3,17H2,1-2H3/b27-18-. The summed E-state index contributed by atoms with van der Waals surface area (Å²) in [6.45, 7) is 4.03. The van der Waals surface area contributed by atoms with Crippen molar-refractivity contribution >= 4 is 27.7 Å². The van der Waals surface area contributed by atoms with E-state index in [2.05, 4.69) is 6.92 Å². The predicted molar refractivity (Wildman–Crippen MR) is 142 cm³/mol. The van der Waals surface area contributed by atoms with E-state index in [1.807, 2.05) is 67.6 Å². The van der Waals surface area contributed by atoms with E-state index in [9.17, 15) is 13.7 Å². The molecule has 7 heteroatoms. The topological polar surface area (TPSA) is 75.8 Å². The van der Waals surface area contributed by atoms with Crippen molar-refractivity contribution in [3.05, 3.63) is 101 Å². The number of allylic oxidation sites excluding steroid dienone is 1. The van der Waals surface area contributed by atoms with Crippen LogP contribution in [0.1, 0.15) is 24.5 Å². The van der Waals surface area contributed by atoms with E-state index >= 15 is 0 Å². The van der Waals surface area contributed by atoms with Gasteiger partial charge in [0.1, 0.15) is 16.7 Å². The van der Waals surface area contributed by atoms with Crippen molar-refractivity contribution in [2.24, 2.45) is 0 Å². The van der Waals surface area contributed by atoms with Gasteiger partial charge in [0.2, 0.25) is 9.84 Å². The Kier molecular flexibility index (Phi) is 7.54. The van der Waals surface area contributed by atoms with E-state index in [1.54, 1.807) is 34.8 Å². The largest absolute Gasteiger partial charge is 0.240 e. The molecule has 0 aliphatic heterocycles. The Morgan fingerprint density at radius 2 is 1.71 bits per heavy atom. The Morgan fingerprint density at radius 1 is 1.03 bits per heavy atom. The van der Waals surface area contributed by atoms with Crippen molar-refractivity contribution in [2.45, 2.75) is 30.1 Å². The molecule has 0 unspecified atom stereocenters. The van der Waals surface area contributed by atoms with Gasteiger partial charge in [-0.3, -0.25) is 0 Å². The fourth-order valence-electron chi connectivity index (χ4n) is 3.51. The van der Waals surface area contributed by atoms with Gasteiger partial charge in [0.05, 0.1) is 10.6 Å². The molecule has 0 spiro atoms. The number of hydrogen-bond donors (Lipinski definition) is 0. The molecule has 4 rings (SSSR count). The molecule has 0 amide bonds. The molecule has 1 aromatic heterocycles. The van der Waals surface area contributed by atoms with Crippen molar-refractivity contribution in [3.8, 4) is 23.0 Å². The monoisotopic (exact) mass is 499 g/mol. The van der Waals surface area contributed by atoms with Crippen LogP contribution in [0.15, 0.2) is 99.8 Å². The summed E-state index contributed by atoms with van der Waals surface area (Å²) >= 11 is 1.79. The maximum atomic E-state index is 13.2. The van der Waals surface area contributed by atoms with E-state index in [1.165, 1.54) is 18.2 Å².